The number of halogens is 2. The van der Waals surface area contributed by atoms with E-state index in [0.717, 1.165) is 17.0 Å². The van der Waals surface area contributed by atoms with E-state index in [1.807, 2.05) is 32.1 Å². The first-order chi connectivity index (χ1) is 5.20. The van der Waals surface area contributed by atoms with Gasteiger partial charge in [0, 0.05) is 10.6 Å². The van der Waals surface area contributed by atoms with Gasteiger partial charge in [-0.1, -0.05) is 42.3 Å². The van der Waals surface area contributed by atoms with Gasteiger partial charge >= 0.3 is 0 Å². The molecule has 0 fully saturated rings. The van der Waals surface area contributed by atoms with Crippen molar-refractivity contribution >= 4 is 23.2 Å². The van der Waals surface area contributed by atoms with Gasteiger partial charge in [-0.15, -0.1) is 0 Å². The molecule has 0 aromatic carbocycles. The summed E-state index contributed by atoms with van der Waals surface area (Å²) in [5.41, 5.74) is 2.52. The number of rotatable bonds is 3. The molecule has 11 heavy (non-hydrogen) atoms. The summed E-state index contributed by atoms with van der Waals surface area (Å²) >= 11 is 11.2. The van der Waals surface area contributed by atoms with Crippen LogP contribution < -0.4 is 0 Å². The van der Waals surface area contributed by atoms with E-state index in [2.05, 4.69) is 0 Å². The van der Waals surface area contributed by atoms with Crippen LogP contribution in [0.15, 0.2) is 34.4 Å². The highest BCUT2D eigenvalue weighted by Gasteiger charge is 1.82. The highest BCUT2D eigenvalue weighted by atomic mass is 35.5. The van der Waals surface area contributed by atoms with Crippen LogP contribution in [0.2, 0.25) is 0 Å². The molecule has 0 saturated heterocycles. The minimum Gasteiger partial charge on any atom is -0.0927 e. The summed E-state index contributed by atoms with van der Waals surface area (Å²) in [6.45, 7) is 3.96. The van der Waals surface area contributed by atoms with E-state index in [-0.39, 0.29) is 0 Å². The van der Waals surface area contributed by atoms with Crippen molar-refractivity contribution in [3.63, 3.8) is 0 Å². The highest BCUT2D eigenvalue weighted by Crippen LogP contribution is 2.07. The number of hydrogen-bond acceptors (Lipinski definition) is 0. The molecule has 0 radical (unpaired) electrons. The fourth-order valence-electron chi connectivity index (χ4n) is 0.510. The highest BCUT2D eigenvalue weighted by molar-refractivity contribution is 6.31. The first-order valence-corrected chi connectivity index (χ1v) is 4.32. The predicted molar refractivity (Wildman–Crippen MR) is 53.0 cm³/mol. The van der Waals surface area contributed by atoms with Gasteiger partial charge in [0.1, 0.15) is 0 Å². The van der Waals surface area contributed by atoms with Crippen molar-refractivity contribution in [2.45, 2.75) is 20.3 Å². The third-order valence-electron chi connectivity index (χ3n) is 1.08. The zero-order valence-electron chi connectivity index (χ0n) is 6.77. The van der Waals surface area contributed by atoms with Crippen molar-refractivity contribution in [1.29, 1.82) is 0 Å². The van der Waals surface area contributed by atoms with E-state index >= 15 is 0 Å². The van der Waals surface area contributed by atoms with Gasteiger partial charge in [-0.2, -0.15) is 0 Å². The predicted octanol–water partition coefficient (Wildman–Crippen LogP) is 4.22. The minimum absolute atomic E-state index is 0.755. The molecule has 0 saturated carbocycles. The Morgan fingerprint density at radius 3 is 2.45 bits per heavy atom. The zero-order chi connectivity index (χ0) is 8.69. The Hall–Kier alpha value is -0.200. The van der Waals surface area contributed by atoms with Crippen LogP contribution in [0.25, 0.3) is 0 Å². The first kappa shape index (κ1) is 10.8. The molecule has 0 atom stereocenters. The molecule has 0 spiro atoms. The maximum Gasteiger partial charge on any atom is 0.0366 e. The Morgan fingerprint density at radius 1 is 1.36 bits per heavy atom. The largest absolute Gasteiger partial charge is 0.0927 e. The summed E-state index contributed by atoms with van der Waals surface area (Å²) in [7, 11) is 0. The second kappa shape index (κ2) is 6.51. The van der Waals surface area contributed by atoms with Crippen LogP contribution in [0.3, 0.4) is 0 Å². The molecule has 0 heterocycles. The molecule has 0 aliphatic carbocycles. The monoisotopic (exact) mass is 190 g/mol. The quantitative estimate of drug-likeness (QED) is 0.586. The van der Waals surface area contributed by atoms with Gasteiger partial charge in [0.25, 0.3) is 0 Å². The molecular formula is C9H12Cl2. The van der Waals surface area contributed by atoms with Crippen LogP contribution in [0, 0.1) is 0 Å². The Bertz CT molecular complexity index is 188. The molecule has 62 valence electrons. The van der Waals surface area contributed by atoms with Gasteiger partial charge < -0.3 is 0 Å². The lowest BCUT2D eigenvalue weighted by Gasteiger charge is -1.88. The molecule has 0 bridgehead atoms. The second-order valence-electron chi connectivity index (χ2n) is 2.18. The molecule has 0 amide bonds. The number of hydrogen-bond donors (Lipinski definition) is 0. The van der Waals surface area contributed by atoms with E-state index in [1.54, 1.807) is 0 Å². The van der Waals surface area contributed by atoms with Gasteiger partial charge in [-0.25, -0.2) is 0 Å². The van der Waals surface area contributed by atoms with E-state index < -0.39 is 0 Å². The van der Waals surface area contributed by atoms with Gasteiger partial charge in [0.2, 0.25) is 0 Å². The van der Waals surface area contributed by atoms with E-state index in [9.17, 15) is 0 Å². The standard InChI is InChI=1S/C9H12Cl2/c1-3-4-9(11)6-5-8(2)7-10/h4-7H,3H2,1-2H3/b6-5-,8-7+,9-4+. The zero-order valence-corrected chi connectivity index (χ0v) is 8.28. The molecule has 0 aliphatic heterocycles. The summed E-state index contributed by atoms with van der Waals surface area (Å²) in [4.78, 5) is 0. The smallest absolute Gasteiger partial charge is 0.0366 e. The normalized spacial score (nSPS) is 14.5. The van der Waals surface area contributed by atoms with Gasteiger partial charge in [-0.05, 0) is 25.0 Å². The Morgan fingerprint density at radius 2 is 2.00 bits per heavy atom. The van der Waals surface area contributed by atoms with Crippen molar-refractivity contribution in [3.8, 4) is 0 Å². The number of allylic oxidation sites excluding steroid dienone is 5. The average molecular weight is 191 g/mol. The molecule has 0 N–H and O–H groups in total. The molecule has 0 aliphatic rings. The maximum atomic E-state index is 5.79. The molecule has 0 unspecified atom stereocenters. The molecule has 0 aromatic heterocycles. The van der Waals surface area contributed by atoms with Crippen molar-refractivity contribution < 1.29 is 0 Å². The summed E-state index contributed by atoms with van der Waals surface area (Å²) in [5, 5.41) is 0.755. The summed E-state index contributed by atoms with van der Waals surface area (Å²) in [6, 6.07) is 0. The van der Waals surface area contributed by atoms with Gasteiger partial charge in [0.05, 0.1) is 0 Å². The van der Waals surface area contributed by atoms with E-state index in [0.29, 0.717) is 0 Å². The molecule has 0 nitrogen and oxygen atoms in total. The van der Waals surface area contributed by atoms with Gasteiger partial charge in [-0.3, -0.25) is 0 Å². The molecule has 0 rings (SSSR count). The maximum absolute atomic E-state index is 5.79. The average Bonchev–Trinajstić information content (AvgIpc) is 2.01. The van der Waals surface area contributed by atoms with Crippen LogP contribution in [0.1, 0.15) is 20.3 Å². The van der Waals surface area contributed by atoms with Crippen LogP contribution in [0.5, 0.6) is 0 Å². The third kappa shape index (κ3) is 6.21. The topological polar surface area (TPSA) is 0 Å². The Kier molecular flexibility index (Phi) is 6.39. The molecule has 0 aromatic rings. The lowest BCUT2D eigenvalue weighted by atomic mass is 10.3. The van der Waals surface area contributed by atoms with Crippen LogP contribution in [-0.2, 0) is 0 Å². The van der Waals surface area contributed by atoms with E-state index in [1.165, 1.54) is 5.54 Å². The first-order valence-electron chi connectivity index (χ1n) is 3.51. The fraction of sp³-hybridized carbons (Fsp3) is 0.333. The van der Waals surface area contributed by atoms with Crippen LogP contribution in [0.4, 0.5) is 0 Å². The van der Waals surface area contributed by atoms with Crippen LogP contribution in [-0.4, -0.2) is 0 Å². The third-order valence-corrected chi connectivity index (χ3v) is 1.70. The molecule has 2 heteroatoms. The Balaban J connectivity index is 4.03. The van der Waals surface area contributed by atoms with Crippen molar-refractivity contribution in [3.05, 3.63) is 34.4 Å². The summed E-state index contributed by atoms with van der Waals surface area (Å²) < 4.78 is 0. The van der Waals surface area contributed by atoms with Crippen LogP contribution >= 0.6 is 23.2 Å². The minimum atomic E-state index is 0.755. The van der Waals surface area contributed by atoms with Crippen molar-refractivity contribution in [1.82, 2.24) is 0 Å². The second-order valence-corrected chi connectivity index (χ2v) is 2.84. The lowest BCUT2D eigenvalue weighted by molar-refractivity contribution is 1.22. The SMILES string of the molecule is CC\C=C(Cl)/C=C\C(C)=C\Cl. The van der Waals surface area contributed by atoms with E-state index in [4.69, 9.17) is 23.2 Å². The summed E-state index contributed by atoms with van der Waals surface area (Å²) in [5.74, 6) is 0. The van der Waals surface area contributed by atoms with Crippen molar-refractivity contribution in [2.24, 2.45) is 0 Å². The lowest BCUT2D eigenvalue weighted by Crippen LogP contribution is -1.66. The Labute approximate surface area is 78.2 Å². The fourth-order valence-corrected chi connectivity index (χ4v) is 0.801. The van der Waals surface area contributed by atoms with Gasteiger partial charge in [0.15, 0.2) is 0 Å². The molecular weight excluding hydrogens is 179 g/mol. The summed E-state index contributed by atoms with van der Waals surface area (Å²) in [6.07, 6.45) is 6.60. The van der Waals surface area contributed by atoms with Crippen molar-refractivity contribution in [2.75, 3.05) is 0 Å².